The number of aliphatic carboxylic acids is 1. The number of rotatable bonds is 2. The Morgan fingerprint density at radius 1 is 1.45 bits per heavy atom. The van der Waals surface area contributed by atoms with Crippen molar-refractivity contribution in [3.05, 3.63) is 0 Å². The zero-order valence-corrected chi connectivity index (χ0v) is 7.15. The number of carbonyl (C=O) groups excluding carboxylic acids is 1. The molecule has 1 saturated heterocycles. The summed E-state index contributed by atoms with van der Waals surface area (Å²) in [5.41, 5.74) is 0. The first-order valence-corrected chi connectivity index (χ1v) is 3.69. The van der Waals surface area contributed by atoms with E-state index in [1.165, 1.54) is 0 Å². The van der Waals surface area contributed by atoms with Crippen LogP contribution in [0.1, 0.15) is 19.3 Å². The highest BCUT2D eigenvalue weighted by Crippen LogP contribution is 2.14. The Kier molecular flexibility index (Phi) is 5.24. The first-order valence-electron chi connectivity index (χ1n) is 3.69. The third-order valence-corrected chi connectivity index (χ3v) is 1.91. The number of carboxylic acids is 1. The molecule has 1 aliphatic heterocycles. The smallest absolute Gasteiger partial charge is 0.0417 e. The van der Waals surface area contributed by atoms with Crippen LogP contribution in [0.5, 0.6) is 0 Å². The quantitative estimate of drug-likeness (QED) is 0.623. The first-order chi connectivity index (χ1) is 4.79. The van der Waals surface area contributed by atoms with Crippen LogP contribution in [-0.2, 0) is 4.79 Å². The van der Waals surface area contributed by atoms with E-state index in [0.717, 1.165) is 25.9 Å². The zero-order chi connectivity index (χ0) is 7.40. The van der Waals surface area contributed by atoms with Crippen LogP contribution in [0.3, 0.4) is 0 Å². The first kappa shape index (κ1) is 10.7. The van der Waals surface area contributed by atoms with Crippen molar-refractivity contribution >= 4 is 18.4 Å². The van der Waals surface area contributed by atoms with Gasteiger partial charge in [0.15, 0.2) is 0 Å². The highest BCUT2D eigenvalue weighted by atomic mass is 35.5. The Hall–Kier alpha value is -0.280. The molecule has 1 fully saturated rings. The Morgan fingerprint density at radius 2 is 2.00 bits per heavy atom. The van der Waals surface area contributed by atoms with Gasteiger partial charge in [-0.2, -0.15) is 0 Å². The van der Waals surface area contributed by atoms with Gasteiger partial charge >= 0.3 is 0 Å². The van der Waals surface area contributed by atoms with Gasteiger partial charge in [-0.1, -0.05) is 0 Å². The Labute approximate surface area is 72.6 Å². The standard InChI is InChI=1S/C7H13NO2.ClH/c9-7(10)5-6-1-3-8-4-2-6;/h6,8H,1-5H2,(H,9,10);1H/p-1. The highest BCUT2D eigenvalue weighted by molar-refractivity contribution is 5.85. The van der Waals surface area contributed by atoms with Gasteiger partial charge in [0, 0.05) is 5.97 Å². The van der Waals surface area contributed by atoms with Gasteiger partial charge < -0.3 is 15.2 Å². The summed E-state index contributed by atoms with van der Waals surface area (Å²) in [5, 5.41) is 13.3. The van der Waals surface area contributed by atoms with Gasteiger partial charge in [0.2, 0.25) is 0 Å². The molecule has 1 N–H and O–H groups in total. The lowest BCUT2D eigenvalue weighted by Gasteiger charge is -2.22. The summed E-state index contributed by atoms with van der Waals surface area (Å²) in [5.74, 6) is -0.557. The van der Waals surface area contributed by atoms with E-state index in [1.807, 2.05) is 0 Å². The van der Waals surface area contributed by atoms with Crippen molar-refractivity contribution in [1.29, 1.82) is 0 Å². The molecule has 0 unspecified atom stereocenters. The van der Waals surface area contributed by atoms with Crippen LogP contribution in [0, 0.1) is 5.92 Å². The van der Waals surface area contributed by atoms with Crippen LogP contribution in [0.25, 0.3) is 0 Å². The van der Waals surface area contributed by atoms with E-state index in [-0.39, 0.29) is 18.8 Å². The maximum Gasteiger partial charge on any atom is 0.0417 e. The van der Waals surface area contributed by atoms with Crippen molar-refractivity contribution in [2.75, 3.05) is 13.1 Å². The highest BCUT2D eigenvalue weighted by Gasteiger charge is 2.12. The van der Waals surface area contributed by atoms with Gasteiger partial charge in [0.05, 0.1) is 0 Å². The minimum atomic E-state index is -0.910. The van der Waals surface area contributed by atoms with Gasteiger partial charge in [0.25, 0.3) is 0 Å². The van der Waals surface area contributed by atoms with Gasteiger partial charge in [0.1, 0.15) is 0 Å². The second kappa shape index (κ2) is 5.38. The van der Waals surface area contributed by atoms with Gasteiger partial charge in [-0.3, -0.25) is 0 Å². The summed E-state index contributed by atoms with van der Waals surface area (Å²) in [7, 11) is 0. The number of hydrogen-bond donors (Lipinski definition) is 1. The van der Waals surface area contributed by atoms with Crippen LogP contribution < -0.4 is 10.4 Å². The predicted molar refractivity (Wildman–Crippen MR) is 42.5 cm³/mol. The topological polar surface area (TPSA) is 52.2 Å². The summed E-state index contributed by atoms with van der Waals surface area (Å²) in [6, 6.07) is 0. The summed E-state index contributed by atoms with van der Waals surface area (Å²) < 4.78 is 0. The molecule has 0 spiro atoms. The Morgan fingerprint density at radius 3 is 2.45 bits per heavy atom. The largest absolute Gasteiger partial charge is 0.550 e. The lowest BCUT2D eigenvalue weighted by molar-refractivity contribution is -0.306. The SMILES string of the molecule is Cl.O=C([O-])CC1CCNCC1. The van der Waals surface area contributed by atoms with Gasteiger partial charge in [-0.05, 0) is 38.3 Å². The summed E-state index contributed by atoms with van der Waals surface area (Å²) in [6.07, 6.45) is 2.20. The minimum absolute atomic E-state index is 0. The van der Waals surface area contributed by atoms with E-state index in [2.05, 4.69) is 5.32 Å². The van der Waals surface area contributed by atoms with Crippen molar-refractivity contribution < 1.29 is 9.90 Å². The summed E-state index contributed by atoms with van der Waals surface area (Å²) in [6.45, 7) is 1.91. The molecule has 66 valence electrons. The maximum atomic E-state index is 10.1. The number of piperidine rings is 1. The van der Waals surface area contributed by atoms with Crippen LogP contribution in [-0.4, -0.2) is 19.1 Å². The molecule has 0 aromatic carbocycles. The fourth-order valence-electron chi connectivity index (χ4n) is 1.32. The molecule has 0 aromatic heterocycles. The molecular weight excluding hydrogens is 166 g/mol. The minimum Gasteiger partial charge on any atom is -0.550 e. The molecule has 0 saturated carbocycles. The van der Waals surface area contributed by atoms with Crippen LogP contribution >= 0.6 is 12.4 Å². The van der Waals surface area contributed by atoms with Crippen molar-refractivity contribution in [2.45, 2.75) is 19.3 Å². The molecule has 0 radical (unpaired) electrons. The monoisotopic (exact) mass is 178 g/mol. The second-order valence-electron chi connectivity index (χ2n) is 2.77. The zero-order valence-electron chi connectivity index (χ0n) is 6.34. The molecule has 0 amide bonds. The van der Waals surface area contributed by atoms with Crippen LogP contribution in [0.15, 0.2) is 0 Å². The Balaban J connectivity index is 0.000001000. The fraction of sp³-hybridized carbons (Fsp3) is 0.857. The number of nitrogens with one attached hydrogen (secondary N) is 1. The molecule has 1 rings (SSSR count). The second-order valence-corrected chi connectivity index (χ2v) is 2.77. The summed E-state index contributed by atoms with van der Waals surface area (Å²) >= 11 is 0. The lowest BCUT2D eigenvalue weighted by atomic mass is 9.95. The van der Waals surface area contributed by atoms with E-state index in [9.17, 15) is 9.90 Å². The maximum absolute atomic E-state index is 10.1. The van der Waals surface area contributed by atoms with Crippen molar-refractivity contribution in [2.24, 2.45) is 5.92 Å². The van der Waals surface area contributed by atoms with Crippen molar-refractivity contribution in [1.82, 2.24) is 5.32 Å². The molecule has 0 aromatic rings. The average Bonchev–Trinajstić information content (AvgIpc) is 1.88. The van der Waals surface area contributed by atoms with E-state index in [0.29, 0.717) is 5.92 Å². The third kappa shape index (κ3) is 4.22. The van der Waals surface area contributed by atoms with E-state index in [1.54, 1.807) is 0 Å². The normalized spacial score (nSPS) is 18.9. The molecule has 1 aliphatic rings. The fourth-order valence-corrected chi connectivity index (χ4v) is 1.32. The molecule has 11 heavy (non-hydrogen) atoms. The molecule has 0 atom stereocenters. The van der Waals surface area contributed by atoms with Crippen molar-refractivity contribution in [3.63, 3.8) is 0 Å². The third-order valence-electron chi connectivity index (χ3n) is 1.91. The Bertz CT molecular complexity index is 124. The number of halogens is 1. The summed E-state index contributed by atoms with van der Waals surface area (Å²) in [4.78, 5) is 10.1. The molecule has 3 nitrogen and oxygen atoms in total. The van der Waals surface area contributed by atoms with Crippen LogP contribution in [0.2, 0.25) is 0 Å². The molecule has 0 aliphatic carbocycles. The number of hydrogen-bond acceptors (Lipinski definition) is 3. The van der Waals surface area contributed by atoms with E-state index in [4.69, 9.17) is 0 Å². The van der Waals surface area contributed by atoms with Crippen LogP contribution in [0.4, 0.5) is 0 Å². The molecule has 1 heterocycles. The average molecular weight is 179 g/mol. The van der Waals surface area contributed by atoms with Crippen molar-refractivity contribution in [3.8, 4) is 0 Å². The predicted octanol–water partition coefficient (Wildman–Crippen LogP) is -0.452. The number of carboxylic acid groups (broad SMARTS) is 1. The number of carbonyl (C=O) groups is 1. The lowest BCUT2D eigenvalue weighted by Crippen LogP contribution is -2.32. The molecular formula is C7H13ClNO2-. The molecule has 0 bridgehead atoms. The molecule has 4 heteroatoms. The van der Waals surface area contributed by atoms with Gasteiger partial charge in [-0.25, -0.2) is 0 Å². The van der Waals surface area contributed by atoms with Gasteiger partial charge in [-0.15, -0.1) is 12.4 Å². The van der Waals surface area contributed by atoms with E-state index >= 15 is 0 Å². The van der Waals surface area contributed by atoms with E-state index < -0.39 is 5.97 Å².